The van der Waals surface area contributed by atoms with Crippen molar-refractivity contribution >= 4 is 34.4 Å². The van der Waals surface area contributed by atoms with Gasteiger partial charge in [-0.1, -0.05) is 28.1 Å². The van der Waals surface area contributed by atoms with Crippen LogP contribution in [-0.4, -0.2) is 21.1 Å². The summed E-state index contributed by atoms with van der Waals surface area (Å²) in [5, 5.41) is 11.3. The summed E-state index contributed by atoms with van der Waals surface area (Å²) in [6.45, 7) is 1.88. The van der Waals surface area contributed by atoms with Gasteiger partial charge in [0.05, 0.1) is 6.21 Å². The Morgan fingerprint density at radius 2 is 2.14 bits per heavy atom. The predicted molar refractivity (Wildman–Crippen MR) is 87.0 cm³/mol. The topological polar surface area (TPSA) is 59.1 Å². The number of nitrogens with one attached hydrogen (secondary N) is 1. The number of rotatable bonds is 3. The van der Waals surface area contributed by atoms with E-state index in [1.807, 2.05) is 43.3 Å². The van der Waals surface area contributed by atoms with Gasteiger partial charge in [0.1, 0.15) is 11.5 Å². The summed E-state index contributed by atoms with van der Waals surface area (Å²) < 4.78 is 8.35. The maximum atomic E-state index is 5.45. The van der Waals surface area contributed by atoms with Crippen molar-refractivity contribution in [2.24, 2.45) is 5.10 Å². The molecule has 0 fully saturated rings. The first kappa shape index (κ1) is 14.0. The number of hydrogen-bond donors (Lipinski definition) is 1. The van der Waals surface area contributed by atoms with Crippen LogP contribution in [0.3, 0.4) is 0 Å². The van der Waals surface area contributed by atoms with Crippen LogP contribution < -0.4 is 0 Å². The monoisotopic (exact) mass is 362 g/mol. The second kappa shape index (κ2) is 5.79. The van der Waals surface area contributed by atoms with Gasteiger partial charge in [0.15, 0.2) is 5.82 Å². The first-order valence-corrected chi connectivity index (χ1v) is 7.38. The minimum absolute atomic E-state index is 0.417. The first-order chi connectivity index (χ1) is 10.1. The molecule has 0 bridgehead atoms. The van der Waals surface area contributed by atoms with Crippen LogP contribution in [0.2, 0.25) is 0 Å². The summed E-state index contributed by atoms with van der Waals surface area (Å²) >= 11 is 8.73. The van der Waals surface area contributed by atoms with Crippen LogP contribution in [0.25, 0.3) is 11.4 Å². The van der Waals surface area contributed by atoms with Gasteiger partial charge >= 0.3 is 0 Å². The van der Waals surface area contributed by atoms with Crippen molar-refractivity contribution in [3.63, 3.8) is 0 Å². The molecule has 0 atom stereocenters. The second-order valence-electron chi connectivity index (χ2n) is 4.34. The van der Waals surface area contributed by atoms with Crippen LogP contribution in [0.1, 0.15) is 11.5 Å². The number of hydrogen-bond acceptors (Lipinski definition) is 4. The fraction of sp³-hybridized carbons (Fsp3) is 0.0714. The quantitative estimate of drug-likeness (QED) is 0.562. The van der Waals surface area contributed by atoms with E-state index in [1.165, 1.54) is 0 Å². The molecular formula is C14H11BrN4OS. The van der Waals surface area contributed by atoms with Crippen molar-refractivity contribution in [1.29, 1.82) is 0 Å². The van der Waals surface area contributed by atoms with E-state index in [2.05, 4.69) is 31.2 Å². The highest BCUT2D eigenvalue weighted by Gasteiger charge is 2.10. The number of furan rings is 1. The lowest BCUT2D eigenvalue weighted by molar-refractivity contribution is 0.527. The number of H-pyrrole nitrogens is 1. The van der Waals surface area contributed by atoms with Crippen LogP contribution in [0, 0.1) is 11.7 Å². The van der Waals surface area contributed by atoms with E-state index in [0.29, 0.717) is 16.4 Å². The number of halogens is 1. The number of aromatic amines is 1. The SMILES string of the molecule is Cc1ccc(/C=N\n2c(-c3ccccc3Br)n[nH]c2=S)o1. The number of nitrogens with zero attached hydrogens (tertiary/aromatic N) is 3. The van der Waals surface area contributed by atoms with Crippen LogP contribution in [0.15, 0.2) is 50.4 Å². The zero-order valence-electron chi connectivity index (χ0n) is 11.1. The van der Waals surface area contributed by atoms with Gasteiger partial charge in [0.25, 0.3) is 0 Å². The van der Waals surface area contributed by atoms with E-state index in [4.69, 9.17) is 16.6 Å². The van der Waals surface area contributed by atoms with E-state index in [1.54, 1.807) is 10.9 Å². The molecule has 0 amide bonds. The highest BCUT2D eigenvalue weighted by atomic mass is 79.9. The zero-order valence-corrected chi connectivity index (χ0v) is 13.5. The molecule has 0 aliphatic rings. The number of aromatic nitrogens is 3. The molecule has 1 aromatic carbocycles. The van der Waals surface area contributed by atoms with E-state index < -0.39 is 0 Å². The molecule has 1 N–H and O–H groups in total. The molecule has 3 aromatic rings. The Kier molecular flexibility index (Phi) is 3.85. The van der Waals surface area contributed by atoms with Crippen molar-refractivity contribution in [2.75, 3.05) is 0 Å². The summed E-state index contributed by atoms with van der Waals surface area (Å²) in [4.78, 5) is 0. The molecule has 0 radical (unpaired) electrons. The molecule has 7 heteroatoms. The molecule has 0 saturated carbocycles. The number of benzene rings is 1. The molecule has 2 heterocycles. The molecule has 0 spiro atoms. The summed E-state index contributed by atoms with van der Waals surface area (Å²) in [5.74, 6) is 2.12. The van der Waals surface area contributed by atoms with Crippen molar-refractivity contribution in [3.8, 4) is 11.4 Å². The van der Waals surface area contributed by atoms with Crippen LogP contribution in [-0.2, 0) is 0 Å². The van der Waals surface area contributed by atoms with Crippen LogP contribution in [0.4, 0.5) is 0 Å². The Hall–Kier alpha value is -1.99. The Balaban J connectivity index is 2.04. The highest BCUT2D eigenvalue weighted by Crippen LogP contribution is 2.26. The lowest BCUT2D eigenvalue weighted by Gasteiger charge is -2.02. The molecule has 0 unspecified atom stereocenters. The van der Waals surface area contributed by atoms with Crippen molar-refractivity contribution < 1.29 is 4.42 Å². The normalized spacial score (nSPS) is 11.3. The van der Waals surface area contributed by atoms with Gasteiger partial charge in [-0.25, -0.2) is 5.10 Å². The summed E-state index contributed by atoms with van der Waals surface area (Å²) in [6.07, 6.45) is 1.61. The molecular weight excluding hydrogens is 352 g/mol. The average molecular weight is 363 g/mol. The maximum absolute atomic E-state index is 5.45. The molecule has 5 nitrogen and oxygen atoms in total. The zero-order chi connectivity index (χ0) is 14.8. The van der Waals surface area contributed by atoms with Gasteiger partial charge in [-0.05, 0) is 43.4 Å². The van der Waals surface area contributed by atoms with Crippen molar-refractivity contribution in [3.05, 3.63) is 57.2 Å². The third kappa shape index (κ3) is 2.88. The highest BCUT2D eigenvalue weighted by molar-refractivity contribution is 9.10. The van der Waals surface area contributed by atoms with Gasteiger partial charge in [-0.2, -0.15) is 14.9 Å². The Bertz CT molecular complexity index is 862. The fourth-order valence-corrected chi connectivity index (χ4v) is 2.49. The maximum Gasteiger partial charge on any atom is 0.216 e. The first-order valence-electron chi connectivity index (χ1n) is 6.18. The van der Waals surface area contributed by atoms with Gasteiger partial charge in [0.2, 0.25) is 4.77 Å². The summed E-state index contributed by atoms with van der Waals surface area (Å²) in [6, 6.07) is 11.5. The van der Waals surface area contributed by atoms with Crippen LogP contribution >= 0.6 is 28.1 Å². The van der Waals surface area contributed by atoms with Gasteiger partial charge in [0, 0.05) is 10.0 Å². The average Bonchev–Trinajstić information content (AvgIpc) is 3.04. The molecule has 21 heavy (non-hydrogen) atoms. The minimum Gasteiger partial charge on any atom is -0.460 e. The van der Waals surface area contributed by atoms with Gasteiger partial charge in [-0.15, -0.1) is 0 Å². The Morgan fingerprint density at radius 3 is 2.86 bits per heavy atom. The Morgan fingerprint density at radius 1 is 1.33 bits per heavy atom. The molecule has 0 aliphatic carbocycles. The standard InChI is InChI=1S/C14H11BrN4OS/c1-9-6-7-10(20-9)8-16-19-13(17-18-14(19)21)11-4-2-3-5-12(11)15/h2-8H,1H3,(H,18,21)/b16-8-. The van der Waals surface area contributed by atoms with Crippen molar-refractivity contribution in [2.45, 2.75) is 6.92 Å². The lowest BCUT2D eigenvalue weighted by atomic mass is 10.2. The van der Waals surface area contributed by atoms with E-state index >= 15 is 0 Å². The second-order valence-corrected chi connectivity index (χ2v) is 5.58. The summed E-state index contributed by atoms with van der Waals surface area (Å²) in [5.41, 5.74) is 0.901. The lowest BCUT2D eigenvalue weighted by Crippen LogP contribution is -1.95. The molecule has 0 saturated heterocycles. The van der Waals surface area contributed by atoms with E-state index in [0.717, 1.165) is 15.8 Å². The largest absolute Gasteiger partial charge is 0.460 e. The van der Waals surface area contributed by atoms with E-state index in [-0.39, 0.29) is 0 Å². The van der Waals surface area contributed by atoms with Crippen molar-refractivity contribution in [1.82, 2.24) is 14.9 Å². The van der Waals surface area contributed by atoms with Gasteiger partial charge in [-0.3, -0.25) is 0 Å². The number of aryl methyl sites for hydroxylation is 1. The Labute approximate surface area is 134 Å². The predicted octanol–water partition coefficient (Wildman–Crippen LogP) is 4.15. The summed E-state index contributed by atoms with van der Waals surface area (Å²) in [7, 11) is 0. The fourth-order valence-electron chi connectivity index (χ4n) is 1.85. The molecule has 0 aliphatic heterocycles. The van der Waals surface area contributed by atoms with Gasteiger partial charge < -0.3 is 4.42 Å². The molecule has 3 rings (SSSR count). The third-order valence-electron chi connectivity index (χ3n) is 2.83. The molecule has 106 valence electrons. The van der Waals surface area contributed by atoms with Crippen LogP contribution in [0.5, 0.6) is 0 Å². The minimum atomic E-state index is 0.417. The smallest absolute Gasteiger partial charge is 0.216 e. The molecule has 2 aromatic heterocycles. The third-order valence-corrected chi connectivity index (χ3v) is 3.78. The van der Waals surface area contributed by atoms with E-state index in [9.17, 15) is 0 Å².